The first-order valence-corrected chi connectivity index (χ1v) is 9.47. The Kier molecular flexibility index (Phi) is 4.60. The molecule has 1 aliphatic carbocycles. The number of nitriles is 1. The predicted molar refractivity (Wildman–Crippen MR) is 96.2 cm³/mol. The van der Waals surface area contributed by atoms with Crippen molar-refractivity contribution in [1.82, 2.24) is 9.55 Å². The molecule has 4 nitrogen and oxygen atoms in total. The number of aromatic nitrogens is 2. The molecular formula is C17H19N3OS2. The van der Waals surface area contributed by atoms with Crippen LogP contribution in [-0.2, 0) is 19.4 Å². The van der Waals surface area contributed by atoms with Crippen LogP contribution >= 0.6 is 23.1 Å². The molecular weight excluding hydrogens is 326 g/mol. The molecule has 0 amide bonds. The average molecular weight is 345 g/mol. The molecule has 0 aromatic carbocycles. The lowest BCUT2D eigenvalue weighted by molar-refractivity contribution is 0.509. The van der Waals surface area contributed by atoms with Gasteiger partial charge in [0.15, 0.2) is 5.16 Å². The highest BCUT2D eigenvalue weighted by atomic mass is 32.2. The summed E-state index contributed by atoms with van der Waals surface area (Å²) >= 11 is 2.98. The summed E-state index contributed by atoms with van der Waals surface area (Å²) in [6.45, 7) is 8.24. The molecule has 2 heterocycles. The van der Waals surface area contributed by atoms with E-state index in [1.54, 1.807) is 22.0 Å². The van der Waals surface area contributed by atoms with Gasteiger partial charge in [-0.25, -0.2) is 4.98 Å². The lowest BCUT2D eigenvalue weighted by atomic mass is 9.89. The second-order valence-corrected chi connectivity index (χ2v) is 8.41. The van der Waals surface area contributed by atoms with Crippen molar-refractivity contribution in [3.05, 3.63) is 33.4 Å². The van der Waals surface area contributed by atoms with Gasteiger partial charge in [-0.05, 0) is 37.7 Å². The van der Waals surface area contributed by atoms with Gasteiger partial charge in [-0.2, -0.15) is 5.26 Å². The van der Waals surface area contributed by atoms with Gasteiger partial charge in [-0.1, -0.05) is 24.8 Å². The lowest BCUT2D eigenvalue weighted by Crippen LogP contribution is -2.24. The zero-order valence-corrected chi connectivity index (χ0v) is 15.0. The Labute approximate surface area is 143 Å². The molecule has 1 aliphatic rings. The van der Waals surface area contributed by atoms with Crippen LogP contribution in [0.2, 0.25) is 0 Å². The zero-order valence-electron chi connectivity index (χ0n) is 13.3. The summed E-state index contributed by atoms with van der Waals surface area (Å²) in [5.41, 5.74) is 1.21. The minimum absolute atomic E-state index is 0.00888. The summed E-state index contributed by atoms with van der Waals surface area (Å²) in [4.78, 5) is 19.9. The first kappa shape index (κ1) is 16.3. The molecule has 0 radical (unpaired) electrons. The second kappa shape index (κ2) is 6.50. The highest BCUT2D eigenvalue weighted by Crippen LogP contribution is 2.36. The van der Waals surface area contributed by atoms with Crippen molar-refractivity contribution in [1.29, 1.82) is 5.26 Å². The first-order valence-electron chi connectivity index (χ1n) is 7.77. The fourth-order valence-electron chi connectivity index (χ4n) is 2.97. The third-order valence-electron chi connectivity index (χ3n) is 4.16. The molecule has 23 heavy (non-hydrogen) atoms. The van der Waals surface area contributed by atoms with Gasteiger partial charge in [-0.3, -0.25) is 9.36 Å². The van der Waals surface area contributed by atoms with E-state index >= 15 is 0 Å². The van der Waals surface area contributed by atoms with Crippen molar-refractivity contribution in [3.8, 4) is 6.07 Å². The Morgan fingerprint density at radius 3 is 3.13 bits per heavy atom. The lowest BCUT2D eigenvalue weighted by Gasteiger charge is -2.17. The number of thioether (sulfide) groups is 1. The maximum atomic E-state index is 13.0. The van der Waals surface area contributed by atoms with Crippen molar-refractivity contribution in [3.63, 3.8) is 0 Å². The molecule has 2 atom stereocenters. The van der Waals surface area contributed by atoms with Crippen molar-refractivity contribution < 1.29 is 0 Å². The van der Waals surface area contributed by atoms with Crippen molar-refractivity contribution >= 4 is 33.3 Å². The third kappa shape index (κ3) is 2.96. The Balaban J connectivity index is 2.21. The molecule has 3 rings (SSSR count). The molecule has 0 fully saturated rings. The van der Waals surface area contributed by atoms with E-state index < -0.39 is 0 Å². The van der Waals surface area contributed by atoms with Crippen LogP contribution in [0.5, 0.6) is 0 Å². The predicted octanol–water partition coefficient (Wildman–Crippen LogP) is 3.77. The summed E-state index contributed by atoms with van der Waals surface area (Å²) in [5.74, 6) is 0.665. The highest BCUT2D eigenvalue weighted by molar-refractivity contribution is 8.00. The standard InChI is InChI=1S/C17H19N3OS2/c1-4-7-20-16(21)14-12-6-5-10(2)8-13(12)23-15(14)19-17(20)22-11(3)9-18/h4,10-11H,1,5-8H2,2-3H3/t10-,11-/m1/s1. The molecule has 0 unspecified atom stereocenters. The summed E-state index contributed by atoms with van der Waals surface area (Å²) < 4.78 is 1.65. The Morgan fingerprint density at radius 2 is 2.43 bits per heavy atom. The molecule has 0 saturated heterocycles. The molecule has 2 aromatic heterocycles. The largest absolute Gasteiger partial charge is 0.283 e. The van der Waals surface area contributed by atoms with Gasteiger partial charge in [0.2, 0.25) is 0 Å². The fraction of sp³-hybridized carbons (Fsp3) is 0.471. The van der Waals surface area contributed by atoms with E-state index in [2.05, 4.69) is 19.6 Å². The van der Waals surface area contributed by atoms with Crippen LogP contribution in [0.1, 0.15) is 30.7 Å². The van der Waals surface area contributed by atoms with Gasteiger partial charge in [-0.15, -0.1) is 17.9 Å². The van der Waals surface area contributed by atoms with Crippen LogP contribution in [0, 0.1) is 17.2 Å². The number of hydrogen-bond acceptors (Lipinski definition) is 5. The molecule has 0 aliphatic heterocycles. The third-order valence-corrected chi connectivity index (χ3v) is 6.29. The van der Waals surface area contributed by atoms with E-state index in [1.807, 2.05) is 6.92 Å². The number of thiophene rings is 1. The molecule has 0 bridgehead atoms. The minimum Gasteiger partial charge on any atom is -0.283 e. The molecule has 0 saturated carbocycles. The van der Waals surface area contributed by atoms with Crippen LogP contribution in [0.25, 0.3) is 10.2 Å². The monoisotopic (exact) mass is 345 g/mol. The van der Waals surface area contributed by atoms with Crippen LogP contribution in [0.3, 0.4) is 0 Å². The van der Waals surface area contributed by atoms with E-state index in [9.17, 15) is 4.79 Å². The minimum atomic E-state index is -0.245. The van der Waals surface area contributed by atoms with Gasteiger partial charge in [0.25, 0.3) is 5.56 Å². The fourth-order valence-corrected chi connectivity index (χ4v) is 5.20. The number of aryl methyl sites for hydroxylation is 1. The summed E-state index contributed by atoms with van der Waals surface area (Å²) in [6, 6.07) is 2.19. The van der Waals surface area contributed by atoms with Gasteiger partial charge in [0, 0.05) is 11.4 Å². The molecule has 0 spiro atoms. The quantitative estimate of drug-likeness (QED) is 0.481. The molecule has 0 N–H and O–H groups in total. The molecule has 6 heteroatoms. The highest BCUT2D eigenvalue weighted by Gasteiger charge is 2.24. The Morgan fingerprint density at radius 1 is 1.65 bits per heavy atom. The Hall–Kier alpha value is -1.58. The smallest absolute Gasteiger partial charge is 0.263 e. The van der Waals surface area contributed by atoms with Crippen molar-refractivity contribution in [2.45, 2.75) is 50.1 Å². The number of fused-ring (bicyclic) bond motifs is 3. The average Bonchev–Trinajstić information content (AvgIpc) is 2.88. The maximum Gasteiger partial charge on any atom is 0.263 e. The SMILES string of the molecule is C=CCn1c(S[C@H](C)C#N)nc2sc3c(c2c1=O)CC[C@@H](C)C3. The van der Waals surface area contributed by atoms with Crippen LogP contribution in [-0.4, -0.2) is 14.8 Å². The molecule has 120 valence electrons. The Bertz CT molecular complexity index is 859. The van der Waals surface area contributed by atoms with Crippen molar-refractivity contribution in [2.24, 2.45) is 5.92 Å². The van der Waals surface area contributed by atoms with Crippen LogP contribution < -0.4 is 5.56 Å². The number of nitrogens with zero attached hydrogens (tertiary/aromatic N) is 3. The van der Waals surface area contributed by atoms with Gasteiger partial charge in [0.05, 0.1) is 16.7 Å². The maximum absolute atomic E-state index is 13.0. The number of rotatable bonds is 4. The van der Waals surface area contributed by atoms with Crippen molar-refractivity contribution in [2.75, 3.05) is 0 Å². The topological polar surface area (TPSA) is 58.7 Å². The van der Waals surface area contributed by atoms with E-state index in [-0.39, 0.29) is 10.8 Å². The number of allylic oxidation sites excluding steroid dienone is 1. The first-order chi connectivity index (χ1) is 11.0. The summed E-state index contributed by atoms with van der Waals surface area (Å²) in [6.07, 6.45) is 4.83. The summed E-state index contributed by atoms with van der Waals surface area (Å²) in [5, 5.41) is 10.2. The molecule has 2 aromatic rings. The number of hydrogen-bond donors (Lipinski definition) is 0. The zero-order chi connectivity index (χ0) is 16.6. The second-order valence-electron chi connectivity index (χ2n) is 6.02. The van der Waals surface area contributed by atoms with Gasteiger partial charge in [0.1, 0.15) is 4.83 Å². The van der Waals surface area contributed by atoms with Gasteiger partial charge < -0.3 is 0 Å². The van der Waals surface area contributed by atoms with Crippen LogP contribution in [0.4, 0.5) is 0 Å². The van der Waals surface area contributed by atoms with E-state index in [0.29, 0.717) is 17.6 Å². The van der Waals surface area contributed by atoms with E-state index in [0.717, 1.165) is 29.5 Å². The van der Waals surface area contributed by atoms with Crippen LogP contribution in [0.15, 0.2) is 22.6 Å². The normalized spacial score (nSPS) is 18.4. The van der Waals surface area contributed by atoms with Gasteiger partial charge >= 0.3 is 0 Å². The van der Waals surface area contributed by atoms with E-state index in [4.69, 9.17) is 10.2 Å². The van der Waals surface area contributed by atoms with E-state index in [1.165, 1.54) is 22.2 Å². The summed E-state index contributed by atoms with van der Waals surface area (Å²) in [7, 11) is 0.